The summed E-state index contributed by atoms with van der Waals surface area (Å²) in [6.07, 6.45) is 3.39. The van der Waals surface area contributed by atoms with E-state index in [1.165, 1.54) is 24.3 Å². The van der Waals surface area contributed by atoms with Gasteiger partial charge in [0, 0.05) is 47.0 Å². The molecule has 8 nitrogen and oxygen atoms in total. The average molecular weight is 552 g/mol. The summed E-state index contributed by atoms with van der Waals surface area (Å²) in [6, 6.07) is 13.5. The van der Waals surface area contributed by atoms with Gasteiger partial charge in [-0.3, -0.25) is 9.78 Å². The van der Waals surface area contributed by atoms with Crippen molar-refractivity contribution in [1.29, 1.82) is 0 Å². The highest BCUT2D eigenvalue weighted by atomic mass is 35.5. The standard InChI is InChI=1S/C28H26ClN3O5S/c1-3-4-14-37-22-8-10-23(11-9-22)38(35,36)31-26(28(33)34)16-24-19(2)32(18-20-6-5-13-30-17-20)27-12-7-21(29)15-25(24)27/h5-13,15,17,26,31H,14,16,18H2,1-2H3,(H,33,34)/t26-/m0/s1. The van der Waals surface area contributed by atoms with Crippen molar-refractivity contribution in [2.24, 2.45) is 0 Å². The van der Waals surface area contributed by atoms with Crippen LogP contribution in [0.1, 0.15) is 23.7 Å². The smallest absolute Gasteiger partial charge is 0.322 e. The Balaban J connectivity index is 1.64. The molecule has 0 aliphatic heterocycles. The van der Waals surface area contributed by atoms with Crippen LogP contribution in [0.25, 0.3) is 10.9 Å². The van der Waals surface area contributed by atoms with Crippen LogP contribution in [0.3, 0.4) is 0 Å². The second-order valence-corrected chi connectivity index (χ2v) is 10.7. The fourth-order valence-electron chi connectivity index (χ4n) is 4.20. The van der Waals surface area contributed by atoms with Crippen molar-refractivity contribution in [2.45, 2.75) is 37.8 Å². The zero-order chi connectivity index (χ0) is 27.3. The lowest BCUT2D eigenvalue weighted by atomic mass is 10.0. The summed E-state index contributed by atoms with van der Waals surface area (Å²) < 4.78 is 36.0. The molecule has 0 unspecified atom stereocenters. The molecule has 0 fully saturated rings. The molecule has 0 radical (unpaired) electrons. The molecule has 10 heteroatoms. The van der Waals surface area contributed by atoms with Gasteiger partial charge in [-0.05, 0) is 73.5 Å². The first kappa shape index (κ1) is 27.2. The van der Waals surface area contributed by atoms with Gasteiger partial charge in [-0.1, -0.05) is 23.6 Å². The molecular weight excluding hydrogens is 526 g/mol. The van der Waals surface area contributed by atoms with E-state index in [4.69, 9.17) is 16.3 Å². The summed E-state index contributed by atoms with van der Waals surface area (Å²) in [7, 11) is -4.14. The summed E-state index contributed by atoms with van der Waals surface area (Å²) in [4.78, 5) is 16.3. The minimum absolute atomic E-state index is 0.0727. The summed E-state index contributed by atoms with van der Waals surface area (Å²) in [6.45, 7) is 4.27. The molecule has 4 rings (SSSR count). The number of nitrogens with one attached hydrogen (secondary N) is 1. The normalized spacial score (nSPS) is 12.1. The van der Waals surface area contributed by atoms with E-state index in [0.29, 0.717) is 22.9 Å². The number of hydrogen-bond acceptors (Lipinski definition) is 5. The molecule has 0 amide bonds. The van der Waals surface area contributed by atoms with Gasteiger partial charge in [-0.25, -0.2) is 8.42 Å². The quantitative estimate of drug-likeness (QED) is 0.282. The highest BCUT2D eigenvalue weighted by molar-refractivity contribution is 7.89. The van der Waals surface area contributed by atoms with Crippen LogP contribution >= 0.6 is 11.6 Å². The molecule has 0 bridgehead atoms. The number of carbonyl (C=O) groups is 1. The predicted octanol–water partition coefficient (Wildman–Crippen LogP) is 4.42. The first-order valence-corrected chi connectivity index (χ1v) is 13.6. The van der Waals surface area contributed by atoms with E-state index in [9.17, 15) is 18.3 Å². The molecule has 2 aromatic carbocycles. The van der Waals surface area contributed by atoms with E-state index < -0.39 is 22.0 Å². The summed E-state index contributed by atoms with van der Waals surface area (Å²) >= 11 is 6.29. The molecule has 0 aliphatic carbocycles. The van der Waals surface area contributed by atoms with Crippen molar-refractivity contribution >= 4 is 38.5 Å². The molecule has 38 heavy (non-hydrogen) atoms. The van der Waals surface area contributed by atoms with Gasteiger partial charge in [0.1, 0.15) is 18.4 Å². The predicted molar refractivity (Wildman–Crippen MR) is 146 cm³/mol. The van der Waals surface area contributed by atoms with Gasteiger partial charge in [0.15, 0.2) is 0 Å². The van der Waals surface area contributed by atoms with Crippen LogP contribution in [-0.4, -0.2) is 41.7 Å². The molecular formula is C28H26ClN3O5S. The third kappa shape index (κ3) is 6.17. The minimum atomic E-state index is -4.14. The zero-order valence-corrected chi connectivity index (χ0v) is 22.4. The molecule has 0 aliphatic rings. The Morgan fingerprint density at radius 1 is 1.21 bits per heavy atom. The van der Waals surface area contributed by atoms with Crippen LogP contribution in [0.15, 0.2) is 71.9 Å². The molecule has 2 N–H and O–H groups in total. The Morgan fingerprint density at radius 2 is 1.97 bits per heavy atom. The number of carboxylic acids is 1. The number of rotatable bonds is 10. The Hall–Kier alpha value is -3.84. The van der Waals surface area contributed by atoms with Gasteiger partial charge in [0.25, 0.3) is 0 Å². The number of ether oxygens (including phenoxy) is 1. The molecule has 196 valence electrons. The first-order chi connectivity index (χ1) is 18.2. The minimum Gasteiger partial charge on any atom is -0.481 e. The number of sulfonamides is 1. The van der Waals surface area contributed by atoms with Crippen molar-refractivity contribution in [3.8, 4) is 17.6 Å². The molecule has 4 aromatic rings. The number of carboxylic acid groups (broad SMARTS) is 1. The second-order valence-electron chi connectivity index (χ2n) is 8.58. The van der Waals surface area contributed by atoms with Gasteiger partial charge in [-0.15, -0.1) is 5.92 Å². The molecule has 2 aromatic heterocycles. The highest BCUT2D eigenvalue weighted by Crippen LogP contribution is 2.30. The molecule has 0 saturated heterocycles. The third-order valence-corrected chi connectivity index (χ3v) is 7.83. The van der Waals surface area contributed by atoms with Crippen LogP contribution in [0.4, 0.5) is 0 Å². The second kappa shape index (κ2) is 11.7. The number of nitrogens with zero attached hydrogens (tertiary/aromatic N) is 2. The fraction of sp³-hybridized carbons (Fsp3) is 0.214. The Morgan fingerprint density at radius 3 is 2.63 bits per heavy atom. The third-order valence-electron chi connectivity index (χ3n) is 6.11. The topological polar surface area (TPSA) is 111 Å². The van der Waals surface area contributed by atoms with Crippen molar-refractivity contribution in [3.05, 3.63) is 88.8 Å². The van der Waals surface area contributed by atoms with Gasteiger partial charge >= 0.3 is 5.97 Å². The van der Waals surface area contributed by atoms with Crippen LogP contribution in [-0.2, 0) is 27.8 Å². The van der Waals surface area contributed by atoms with Crippen LogP contribution in [0, 0.1) is 18.8 Å². The van der Waals surface area contributed by atoms with E-state index >= 15 is 0 Å². The Labute approximate surface area is 226 Å². The number of halogens is 1. The first-order valence-electron chi connectivity index (χ1n) is 11.7. The van der Waals surface area contributed by atoms with Crippen molar-refractivity contribution in [3.63, 3.8) is 0 Å². The van der Waals surface area contributed by atoms with E-state index in [0.717, 1.165) is 22.2 Å². The van der Waals surface area contributed by atoms with E-state index in [-0.39, 0.29) is 17.9 Å². The number of fused-ring (bicyclic) bond motifs is 1. The summed E-state index contributed by atoms with van der Waals surface area (Å²) in [5.74, 6) is 4.63. The van der Waals surface area contributed by atoms with Crippen molar-refractivity contribution in [2.75, 3.05) is 6.61 Å². The van der Waals surface area contributed by atoms with Crippen molar-refractivity contribution < 1.29 is 23.1 Å². The summed E-state index contributed by atoms with van der Waals surface area (Å²) in [5, 5.41) is 11.2. The van der Waals surface area contributed by atoms with E-state index in [2.05, 4.69) is 21.5 Å². The number of benzene rings is 2. The maximum absolute atomic E-state index is 13.1. The van der Waals surface area contributed by atoms with Crippen LogP contribution in [0.2, 0.25) is 5.02 Å². The van der Waals surface area contributed by atoms with Gasteiger partial charge < -0.3 is 14.4 Å². The number of aliphatic carboxylic acids is 1. The number of pyridine rings is 1. The monoisotopic (exact) mass is 551 g/mol. The Kier molecular flexibility index (Phi) is 8.37. The maximum Gasteiger partial charge on any atom is 0.322 e. The molecule has 0 spiro atoms. The van der Waals surface area contributed by atoms with Crippen LogP contribution < -0.4 is 9.46 Å². The number of hydrogen-bond donors (Lipinski definition) is 2. The molecule has 1 atom stereocenters. The number of aromatic nitrogens is 2. The lowest BCUT2D eigenvalue weighted by Gasteiger charge is -2.16. The van der Waals surface area contributed by atoms with E-state index in [1.807, 2.05) is 29.7 Å². The lowest BCUT2D eigenvalue weighted by Crippen LogP contribution is -2.42. The summed E-state index contributed by atoms with van der Waals surface area (Å²) in [5.41, 5.74) is 3.34. The lowest BCUT2D eigenvalue weighted by molar-refractivity contribution is -0.138. The molecule has 0 saturated carbocycles. The SMILES string of the molecule is CC#CCOc1ccc(S(=O)(=O)N[C@@H](Cc2c(C)n(Cc3cccnc3)c3ccc(Cl)cc23)C(=O)O)cc1. The fourth-order valence-corrected chi connectivity index (χ4v) is 5.57. The van der Waals surface area contributed by atoms with E-state index in [1.54, 1.807) is 31.5 Å². The largest absolute Gasteiger partial charge is 0.481 e. The Bertz CT molecular complexity index is 1620. The van der Waals surface area contributed by atoms with Gasteiger partial charge in [0.05, 0.1) is 4.90 Å². The van der Waals surface area contributed by atoms with Crippen molar-refractivity contribution in [1.82, 2.24) is 14.3 Å². The zero-order valence-electron chi connectivity index (χ0n) is 20.8. The maximum atomic E-state index is 13.1. The van der Waals surface area contributed by atoms with Gasteiger partial charge in [-0.2, -0.15) is 4.72 Å². The highest BCUT2D eigenvalue weighted by Gasteiger charge is 2.28. The average Bonchev–Trinajstić information content (AvgIpc) is 3.14. The molecule has 2 heterocycles. The van der Waals surface area contributed by atoms with Crippen LogP contribution in [0.5, 0.6) is 5.75 Å². The van der Waals surface area contributed by atoms with Gasteiger partial charge in [0.2, 0.25) is 10.0 Å².